The molecule has 7 nitrogen and oxygen atoms in total. The van der Waals surface area contributed by atoms with Crippen molar-refractivity contribution in [1.82, 2.24) is 15.8 Å². The lowest BCUT2D eigenvalue weighted by Gasteiger charge is -2.11. The number of hydrogen-bond donors (Lipinski definition) is 2. The van der Waals surface area contributed by atoms with E-state index in [0.717, 1.165) is 45.8 Å². The molecule has 0 spiro atoms. The second-order valence-electron chi connectivity index (χ2n) is 6.32. The Morgan fingerprint density at radius 2 is 1.93 bits per heavy atom. The van der Waals surface area contributed by atoms with Crippen LogP contribution < -0.4 is 20.1 Å². The van der Waals surface area contributed by atoms with E-state index in [1.165, 1.54) is 0 Å². The van der Waals surface area contributed by atoms with Gasteiger partial charge in [-0.25, -0.2) is 0 Å². The van der Waals surface area contributed by atoms with Crippen molar-refractivity contribution < 1.29 is 14.0 Å². The van der Waals surface area contributed by atoms with Crippen molar-refractivity contribution in [3.63, 3.8) is 0 Å². The van der Waals surface area contributed by atoms with Crippen LogP contribution in [0.3, 0.4) is 0 Å². The van der Waals surface area contributed by atoms with Crippen LogP contribution >= 0.6 is 39.9 Å². The fourth-order valence-corrected chi connectivity index (χ4v) is 3.62. The smallest absolute Gasteiger partial charge is 0.231 e. The maximum atomic E-state index is 5.45. The van der Waals surface area contributed by atoms with E-state index in [0.29, 0.717) is 25.0 Å². The van der Waals surface area contributed by atoms with Crippen molar-refractivity contribution in [3.8, 4) is 11.5 Å². The van der Waals surface area contributed by atoms with Crippen LogP contribution in [-0.2, 0) is 13.1 Å². The van der Waals surface area contributed by atoms with Crippen molar-refractivity contribution in [2.45, 2.75) is 45.7 Å². The first-order valence-electron chi connectivity index (χ1n) is 9.12. The summed E-state index contributed by atoms with van der Waals surface area (Å²) in [6.45, 7) is 5.72. The number of halogens is 2. The van der Waals surface area contributed by atoms with E-state index in [1.54, 1.807) is 7.05 Å². The third-order valence-electron chi connectivity index (χ3n) is 4.58. The zero-order chi connectivity index (χ0) is 19.2. The Kier molecular flexibility index (Phi) is 8.87. The number of hydrogen-bond acceptors (Lipinski definition) is 5. The number of rotatable bonds is 7. The van der Waals surface area contributed by atoms with Crippen molar-refractivity contribution in [2.75, 3.05) is 13.8 Å². The molecule has 154 valence electrons. The molecule has 0 saturated heterocycles. The van der Waals surface area contributed by atoms with Gasteiger partial charge in [0.1, 0.15) is 0 Å². The highest BCUT2D eigenvalue weighted by molar-refractivity contribution is 14.0. The van der Waals surface area contributed by atoms with Crippen molar-refractivity contribution >= 4 is 45.9 Å². The summed E-state index contributed by atoms with van der Waals surface area (Å²) in [5, 5.41) is 10.7. The minimum atomic E-state index is 0. The van der Waals surface area contributed by atoms with E-state index in [9.17, 15) is 0 Å². The molecule has 3 rings (SSSR count). The minimum absolute atomic E-state index is 0. The molecular formula is C19H26BrIN4O3. The van der Waals surface area contributed by atoms with Gasteiger partial charge in [0.2, 0.25) is 6.79 Å². The number of benzene rings is 1. The summed E-state index contributed by atoms with van der Waals surface area (Å²) in [5.74, 6) is 3.43. The average molecular weight is 565 g/mol. The SMILES string of the molecule is CCC(CC)c1cc(CNC(=NC)NCc2cc(Br)c3c(c2)OCO3)on1.I. The molecule has 0 saturated carbocycles. The molecule has 0 radical (unpaired) electrons. The molecule has 1 aromatic heterocycles. The highest BCUT2D eigenvalue weighted by Crippen LogP contribution is 2.39. The maximum Gasteiger partial charge on any atom is 0.231 e. The first-order valence-corrected chi connectivity index (χ1v) is 9.91. The Morgan fingerprint density at radius 1 is 1.18 bits per heavy atom. The molecule has 0 bridgehead atoms. The van der Waals surface area contributed by atoms with Crippen LogP contribution in [0.25, 0.3) is 0 Å². The van der Waals surface area contributed by atoms with Crippen molar-refractivity contribution in [2.24, 2.45) is 4.99 Å². The third kappa shape index (κ3) is 5.53. The summed E-state index contributed by atoms with van der Waals surface area (Å²) in [5.41, 5.74) is 2.08. The van der Waals surface area contributed by atoms with Crippen LogP contribution in [-0.4, -0.2) is 25.0 Å². The van der Waals surface area contributed by atoms with Crippen LogP contribution in [0.2, 0.25) is 0 Å². The van der Waals surface area contributed by atoms with Gasteiger partial charge in [0.05, 0.1) is 16.7 Å². The molecule has 0 fully saturated rings. The average Bonchev–Trinajstić information content (AvgIpc) is 3.33. The summed E-state index contributed by atoms with van der Waals surface area (Å²) in [6, 6.07) is 5.99. The van der Waals surface area contributed by atoms with Crippen LogP contribution in [0.4, 0.5) is 0 Å². The largest absolute Gasteiger partial charge is 0.454 e. The fraction of sp³-hybridized carbons (Fsp3) is 0.474. The third-order valence-corrected chi connectivity index (χ3v) is 5.17. The van der Waals surface area contributed by atoms with E-state index in [2.05, 4.69) is 50.6 Å². The molecule has 2 heterocycles. The van der Waals surface area contributed by atoms with Crippen molar-refractivity contribution in [1.29, 1.82) is 0 Å². The summed E-state index contributed by atoms with van der Waals surface area (Å²) < 4.78 is 17.2. The van der Waals surface area contributed by atoms with Gasteiger partial charge in [-0.3, -0.25) is 4.99 Å². The Morgan fingerprint density at radius 3 is 2.64 bits per heavy atom. The standard InChI is InChI=1S/C19H25BrN4O3.HI/c1-4-13(5-2)16-8-14(27-24-16)10-23-19(21-3)22-9-12-6-15(20)18-17(7-12)25-11-26-18;/h6-8,13H,4-5,9-11H2,1-3H3,(H2,21,22,23);1H. The van der Waals surface area contributed by atoms with Gasteiger partial charge < -0.3 is 24.6 Å². The first-order chi connectivity index (χ1) is 13.1. The number of ether oxygens (including phenoxy) is 2. The van der Waals surface area contributed by atoms with E-state index in [1.807, 2.05) is 18.2 Å². The van der Waals surface area contributed by atoms with E-state index < -0.39 is 0 Å². The minimum Gasteiger partial charge on any atom is -0.454 e. The molecule has 1 aliphatic heterocycles. The van der Waals surface area contributed by atoms with Crippen LogP contribution in [0.1, 0.15) is 49.6 Å². The molecule has 0 amide bonds. The van der Waals surface area contributed by atoms with Gasteiger partial charge in [0.25, 0.3) is 0 Å². The molecule has 9 heteroatoms. The first kappa shape index (κ1) is 22.8. The molecule has 0 unspecified atom stereocenters. The molecule has 1 aromatic carbocycles. The topological polar surface area (TPSA) is 80.9 Å². The summed E-state index contributed by atoms with van der Waals surface area (Å²) >= 11 is 3.51. The van der Waals surface area contributed by atoms with Crippen LogP contribution in [0.15, 0.2) is 32.2 Å². The summed E-state index contributed by atoms with van der Waals surface area (Å²) in [4.78, 5) is 4.25. The second-order valence-corrected chi connectivity index (χ2v) is 7.18. The lowest BCUT2D eigenvalue weighted by molar-refractivity contribution is 0.173. The Balaban J connectivity index is 0.00000280. The van der Waals surface area contributed by atoms with Gasteiger partial charge >= 0.3 is 0 Å². The number of fused-ring (bicyclic) bond motifs is 1. The zero-order valence-electron chi connectivity index (χ0n) is 16.3. The van der Waals surface area contributed by atoms with Gasteiger partial charge in [-0.15, -0.1) is 24.0 Å². The number of guanidine groups is 1. The van der Waals surface area contributed by atoms with E-state index >= 15 is 0 Å². The van der Waals surface area contributed by atoms with E-state index in [-0.39, 0.29) is 30.8 Å². The number of aromatic nitrogens is 1. The Labute approximate surface area is 190 Å². The van der Waals surface area contributed by atoms with Gasteiger partial charge in [0, 0.05) is 25.6 Å². The predicted octanol–water partition coefficient (Wildman–Crippen LogP) is 4.55. The Bertz CT molecular complexity index is 808. The molecule has 28 heavy (non-hydrogen) atoms. The van der Waals surface area contributed by atoms with Crippen molar-refractivity contribution in [3.05, 3.63) is 39.7 Å². The zero-order valence-corrected chi connectivity index (χ0v) is 20.2. The van der Waals surface area contributed by atoms with Gasteiger partial charge in [-0.2, -0.15) is 0 Å². The van der Waals surface area contributed by atoms with Crippen LogP contribution in [0.5, 0.6) is 11.5 Å². The quantitative estimate of drug-likeness (QED) is 0.292. The van der Waals surface area contributed by atoms with Crippen LogP contribution in [0, 0.1) is 0 Å². The number of nitrogens with zero attached hydrogens (tertiary/aromatic N) is 2. The predicted molar refractivity (Wildman–Crippen MR) is 123 cm³/mol. The molecular weight excluding hydrogens is 539 g/mol. The second kappa shape index (κ2) is 10.9. The summed E-state index contributed by atoms with van der Waals surface area (Å²) in [7, 11) is 1.74. The molecule has 0 atom stereocenters. The summed E-state index contributed by atoms with van der Waals surface area (Å²) in [6.07, 6.45) is 2.12. The van der Waals surface area contributed by atoms with E-state index in [4.69, 9.17) is 14.0 Å². The maximum absolute atomic E-state index is 5.45. The highest BCUT2D eigenvalue weighted by Gasteiger charge is 2.18. The normalized spacial score (nSPS) is 12.8. The molecule has 1 aliphatic rings. The number of aliphatic imine (C=N–C) groups is 1. The lowest BCUT2D eigenvalue weighted by Crippen LogP contribution is -2.36. The van der Waals surface area contributed by atoms with Gasteiger partial charge in [0.15, 0.2) is 23.2 Å². The monoisotopic (exact) mass is 564 g/mol. The highest BCUT2D eigenvalue weighted by atomic mass is 127. The Hall–Kier alpha value is -1.49. The van der Waals surface area contributed by atoms with Gasteiger partial charge in [-0.05, 0) is 46.5 Å². The molecule has 2 aromatic rings. The molecule has 2 N–H and O–H groups in total. The number of nitrogens with one attached hydrogen (secondary N) is 2. The fourth-order valence-electron chi connectivity index (χ4n) is 3.01. The molecule has 0 aliphatic carbocycles. The lowest BCUT2D eigenvalue weighted by atomic mass is 9.99. The van der Waals surface area contributed by atoms with Gasteiger partial charge in [-0.1, -0.05) is 19.0 Å².